The van der Waals surface area contributed by atoms with Crippen molar-refractivity contribution < 1.29 is 0 Å². The average molecular weight is 251 g/mol. The van der Waals surface area contributed by atoms with Gasteiger partial charge in [-0.1, -0.05) is 32.9 Å². The van der Waals surface area contributed by atoms with Crippen molar-refractivity contribution in [2.24, 2.45) is 0 Å². The molecule has 0 spiro atoms. The van der Waals surface area contributed by atoms with Gasteiger partial charge in [-0.25, -0.2) is 0 Å². The summed E-state index contributed by atoms with van der Waals surface area (Å²) in [6.45, 7) is 11.2. The van der Waals surface area contributed by atoms with E-state index in [9.17, 15) is 0 Å². The smallest absolute Gasteiger partial charge is 0.0412 e. The van der Waals surface area contributed by atoms with Crippen LogP contribution in [0, 0.1) is 13.8 Å². The number of thiol groups is 1. The molecule has 0 bridgehead atoms. The molecule has 0 saturated heterocycles. The van der Waals surface area contributed by atoms with Gasteiger partial charge in [-0.3, -0.25) is 0 Å². The zero-order chi connectivity index (χ0) is 13.2. The van der Waals surface area contributed by atoms with Crippen LogP contribution in [0.1, 0.15) is 49.1 Å². The summed E-state index contributed by atoms with van der Waals surface area (Å²) in [5, 5.41) is 3.33. The summed E-state index contributed by atoms with van der Waals surface area (Å²) in [6, 6.07) is 4.97. The van der Waals surface area contributed by atoms with E-state index in [1.165, 1.54) is 22.3 Å². The lowest BCUT2D eigenvalue weighted by atomic mass is 9.83. The maximum atomic E-state index is 4.42. The second-order valence-corrected chi connectivity index (χ2v) is 6.16. The molecule has 1 N–H and O–H groups in total. The predicted molar refractivity (Wildman–Crippen MR) is 80.3 cm³/mol. The number of hydrogen-bond acceptors (Lipinski definition) is 2. The summed E-state index contributed by atoms with van der Waals surface area (Å²) < 4.78 is 0. The van der Waals surface area contributed by atoms with Crippen LogP contribution in [-0.2, 0) is 5.41 Å². The Labute approximate surface area is 111 Å². The number of benzene rings is 1. The van der Waals surface area contributed by atoms with Gasteiger partial charge in [0.2, 0.25) is 0 Å². The Morgan fingerprint density at radius 3 is 1.94 bits per heavy atom. The molecule has 17 heavy (non-hydrogen) atoms. The van der Waals surface area contributed by atoms with Crippen LogP contribution in [-0.4, -0.2) is 12.8 Å². The molecular formula is C15H25NS. The maximum Gasteiger partial charge on any atom is 0.0412 e. The first-order valence-corrected chi connectivity index (χ1v) is 6.84. The first kappa shape index (κ1) is 14.6. The van der Waals surface area contributed by atoms with Gasteiger partial charge in [0.15, 0.2) is 0 Å². The van der Waals surface area contributed by atoms with Crippen LogP contribution in [0.2, 0.25) is 0 Å². The third-order valence-corrected chi connectivity index (χ3v) is 3.70. The molecule has 0 aliphatic rings. The second kappa shape index (κ2) is 5.45. The fourth-order valence-electron chi connectivity index (χ4n) is 2.28. The molecule has 0 aromatic heterocycles. The van der Waals surface area contributed by atoms with Crippen LogP contribution in [0.3, 0.4) is 0 Å². The van der Waals surface area contributed by atoms with E-state index in [1.54, 1.807) is 0 Å². The van der Waals surface area contributed by atoms with Gasteiger partial charge >= 0.3 is 0 Å². The van der Waals surface area contributed by atoms with Gasteiger partial charge in [0.05, 0.1) is 0 Å². The largest absolute Gasteiger partial charge is 0.312 e. The summed E-state index contributed by atoms with van der Waals surface area (Å²) in [5.74, 6) is 0.826. The van der Waals surface area contributed by atoms with E-state index in [0.717, 1.165) is 5.75 Å². The summed E-state index contributed by atoms with van der Waals surface area (Å²) in [5.41, 5.74) is 5.75. The summed E-state index contributed by atoms with van der Waals surface area (Å²) in [7, 11) is 2.00. The Morgan fingerprint density at radius 1 is 1.18 bits per heavy atom. The van der Waals surface area contributed by atoms with E-state index in [0.29, 0.717) is 6.04 Å². The van der Waals surface area contributed by atoms with E-state index < -0.39 is 0 Å². The summed E-state index contributed by atoms with van der Waals surface area (Å²) in [6.07, 6.45) is 0. The molecule has 0 fully saturated rings. The molecule has 1 nitrogen and oxygen atoms in total. The van der Waals surface area contributed by atoms with Crippen LogP contribution in [0.4, 0.5) is 0 Å². The maximum absolute atomic E-state index is 4.42. The minimum absolute atomic E-state index is 0.212. The second-order valence-electron chi connectivity index (χ2n) is 5.80. The number of hydrogen-bond donors (Lipinski definition) is 2. The van der Waals surface area contributed by atoms with Gasteiger partial charge in [-0.15, -0.1) is 0 Å². The molecule has 0 aliphatic heterocycles. The molecule has 0 aliphatic carbocycles. The number of nitrogens with one attached hydrogen (secondary N) is 1. The highest BCUT2D eigenvalue weighted by molar-refractivity contribution is 7.80. The van der Waals surface area contributed by atoms with E-state index >= 15 is 0 Å². The fourth-order valence-corrected chi connectivity index (χ4v) is 2.65. The van der Waals surface area contributed by atoms with Crippen LogP contribution in [0.25, 0.3) is 0 Å². The number of aryl methyl sites for hydroxylation is 2. The van der Waals surface area contributed by atoms with Crippen molar-refractivity contribution in [3.05, 3.63) is 34.4 Å². The Bertz CT molecular complexity index is 363. The van der Waals surface area contributed by atoms with E-state index in [1.807, 2.05) is 7.05 Å². The van der Waals surface area contributed by atoms with Crippen LogP contribution in [0.15, 0.2) is 12.1 Å². The zero-order valence-electron chi connectivity index (χ0n) is 11.9. The lowest BCUT2D eigenvalue weighted by Gasteiger charge is -2.25. The topological polar surface area (TPSA) is 12.0 Å². The molecule has 96 valence electrons. The molecule has 1 rings (SSSR count). The molecule has 0 radical (unpaired) electrons. The van der Waals surface area contributed by atoms with Gasteiger partial charge in [0.1, 0.15) is 0 Å². The van der Waals surface area contributed by atoms with Crippen molar-refractivity contribution in [3.8, 4) is 0 Å². The summed E-state index contributed by atoms with van der Waals surface area (Å²) in [4.78, 5) is 0. The minimum Gasteiger partial charge on any atom is -0.312 e. The highest BCUT2D eigenvalue weighted by atomic mass is 32.1. The quantitative estimate of drug-likeness (QED) is 0.779. The third kappa shape index (κ3) is 3.26. The predicted octanol–water partition coefficient (Wildman–Crippen LogP) is 3.79. The molecule has 0 amide bonds. The molecule has 1 unspecified atom stereocenters. The van der Waals surface area contributed by atoms with Crippen molar-refractivity contribution in [1.82, 2.24) is 5.32 Å². The van der Waals surface area contributed by atoms with Gasteiger partial charge in [0.25, 0.3) is 0 Å². The van der Waals surface area contributed by atoms with Crippen LogP contribution in [0.5, 0.6) is 0 Å². The molecule has 0 heterocycles. The lowest BCUT2D eigenvalue weighted by molar-refractivity contribution is 0.586. The molecule has 1 aromatic rings. The fraction of sp³-hybridized carbons (Fsp3) is 0.600. The van der Waals surface area contributed by atoms with Crippen LogP contribution < -0.4 is 5.32 Å². The van der Waals surface area contributed by atoms with Crippen molar-refractivity contribution >= 4 is 12.6 Å². The molecule has 2 heteroatoms. The first-order valence-electron chi connectivity index (χ1n) is 6.21. The van der Waals surface area contributed by atoms with E-state index in [2.05, 4.69) is 64.7 Å². The van der Waals surface area contributed by atoms with Crippen molar-refractivity contribution in [2.45, 2.75) is 46.1 Å². The third-order valence-electron chi connectivity index (χ3n) is 3.34. The molecule has 1 atom stereocenters. The number of rotatable bonds is 3. The molecular weight excluding hydrogens is 226 g/mol. The normalized spacial score (nSPS) is 13.8. The highest BCUT2D eigenvalue weighted by Gasteiger charge is 2.19. The van der Waals surface area contributed by atoms with E-state index in [4.69, 9.17) is 0 Å². The highest BCUT2D eigenvalue weighted by Crippen LogP contribution is 2.30. The van der Waals surface area contributed by atoms with Gasteiger partial charge in [-0.2, -0.15) is 12.6 Å². The van der Waals surface area contributed by atoms with Crippen molar-refractivity contribution in [3.63, 3.8) is 0 Å². The monoisotopic (exact) mass is 251 g/mol. The lowest BCUT2D eigenvalue weighted by Crippen LogP contribution is -2.21. The Balaban J connectivity index is 3.28. The minimum atomic E-state index is 0.212. The SMILES string of the molecule is CNC(CS)c1c(C)cc(C(C)(C)C)cc1C. The summed E-state index contributed by atoms with van der Waals surface area (Å²) >= 11 is 4.42. The Kier molecular flexibility index (Phi) is 4.68. The van der Waals surface area contributed by atoms with Crippen LogP contribution >= 0.6 is 12.6 Å². The zero-order valence-corrected chi connectivity index (χ0v) is 12.8. The van der Waals surface area contributed by atoms with Gasteiger partial charge < -0.3 is 5.32 Å². The van der Waals surface area contributed by atoms with Gasteiger partial charge in [0, 0.05) is 11.8 Å². The molecule has 1 aromatic carbocycles. The first-order chi connectivity index (χ1) is 7.81. The average Bonchev–Trinajstić information content (AvgIpc) is 2.21. The van der Waals surface area contributed by atoms with E-state index in [-0.39, 0.29) is 5.41 Å². The van der Waals surface area contributed by atoms with Crippen molar-refractivity contribution in [2.75, 3.05) is 12.8 Å². The van der Waals surface area contributed by atoms with Crippen molar-refractivity contribution in [1.29, 1.82) is 0 Å². The molecule has 0 saturated carbocycles. The van der Waals surface area contributed by atoms with Gasteiger partial charge in [-0.05, 0) is 48.6 Å². The standard InChI is InChI=1S/C15H25NS/c1-10-7-12(15(3,4)5)8-11(2)14(10)13(9-17)16-6/h7-8,13,16-17H,9H2,1-6H3. The Morgan fingerprint density at radius 2 is 1.65 bits per heavy atom. The Hall–Kier alpha value is -0.470.